The van der Waals surface area contributed by atoms with Crippen molar-refractivity contribution >= 4 is 28.8 Å². The van der Waals surface area contributed by atoms with Crippen molar-refractivity contribution in [2.24, 2.45) is 5.92 Å². The molecule has 132 valence electrons. The Kier molecular flexibility index (Phi) is 5.50. The molecule has 2 heterocycles. The van der Waals surface area contributed by atoms with Gasteiger partial charge in [-0.15, -0.1) is 11.3 Å². The third-order valence-corrected chi connectivity index (χ3v) is 5.48. The zero-order valence-electron chi connectivity index (χ0n) is 14.4. The molecular weight excluding hydrogens is 336 g/mol. The van der Waals surface area contributed by atoms with E-state index in [-0.39, 0.29) is 30.3 Å². The number of amides is 2. The van der Waals surface area contributed by atoms with E-state index in [1.54, 1.807) is 23.3 Å². The van der Waals surface area contributed by atoms with Crippen LogP contribution in [0, 0.1) is 12.8 Å². The summed E-state index contributed by atoms with van der Waals surface area (Å²) in [6.07, 6.45) is 0.0845. The van der Waals surface area contributed by atoms with E-state index < -0.39 is 0 Å². The molecule has 1 aromatic heterocycles. The number of nitrogens with one attached hydrogen (secondary N) is 1. The van der Waals surface area contributed by atoms with Crippen molar-refractivity contribution in [2.75, 3.05) is 25.1 Å². The van der Waals surface area contributed by atoms with Crippen LogP contribution < -0.4 is 10.2 Å². The first-order chi connectivity index (χ1) is 12.1. The molecule has 3 rings (SSSR count). The van der Waals surface area contributed by atoms with Gasteiger partial charge < -0.3 is 15.0 Å². The molecule has 0 aliphatic carbocycles. The van der Waals surface area contributed by atoms with Gasteiger partial charge in [0.2, 0.25) is 11.8 Å². The first-order valence-corrected chi connectivity index (χ1v) is 9.12. The number of hydrogen-bond acceptors (Lipinski definition) is 4. The lowest BCUT2D eigenvalue weighted by atomic mass is 10.1. The largest absolute Gasteiger partial charge is 0.374 e. The van der Waals surface area contributed by atoms with Gasteiger partial charge in [-0.2, -0.15) is 0 Å². The van der Waals surface area contributed by atoms with Crippen molar-refractivity contribution in [3.05, 3.63) is 52.2 Å². The van der Waals surface area contributed by atoms with E-state index in [1.165, 1.54) is 4.88 Å². The van der Waals surface area contributed by atoms with Gasteiger partial charge in [-0.05, 0) is 31.2 Å². The van der Waals surface area contributed by atoms with Crippen LogP contribution in [0.4, 0.5) is 5.69 Å². The topological polar surface area (TPSA) is 58.6 Å². The number of para-hydroxylation sites is 1. The first kappa shape index (κ1) is 17.6. The third-order valence-electron chi connectivity index (χ3n) is 4.39. The molecule has 1 N–H and O–H groups in total. The second-order valence-electron chi connectivity index (χ2n) is 6.16. The zero-order chi connectivity index (χ0) is 17.8. The maximum Gasteiger partial charge on any atom is 0.227 e. The summed E-state index contributed by atoms with van der Waals surface area (Å²) in [5, 5.41) is 2.94. The van der Waals surface area contributed by atoms with Crippen molar-refractivity contribution in [2.45, 2.75) is 19.4 Å². The minimum atomic E-state index is -0.324. The molecule has 2 atom stereocenters. The smallest absolute Gasteiger partial charge is 0.227 e. The quantitative estimate of drug-likeness (QED) is 0.864. The Morgan fingerprint density at radius 3 is 2.72 bits per heavy atom. The number of methoxy groups -OCH3 is 1. The summed E-state index contributed by atoms with van der Waals surface area (Å²) < 4.78 is 5.49. The fourth-order valence-electron chi connectivity index (χ4n) is 3.00. The Morgan fingerprint density at radius 1 is 1.32 bits per heavy atom. The predicted molar refractivity (Wildman–Crippen MR) is 98.7 cm³/mol. The molecule has 1 fully saturated rings. The van der Waals surface area contributed by atoms with Crippen LogP contribution in [-0.2, 0) is 14.3 Å². The van der Waals surface area contributed by atoms with E-state index in [9.17, 15) is 9.59 Å². The maximum atomic E-state index is 12.5. The Bertz CT molecular complexity index is 744. The highest BCUT2D eigenvalue weighted by Gasteiger charge is 2.35. The Balaban J connectivity index is 1.57. The van der Waals surface area contributed by atoms with Crippen LogP contribution in [0.2, 0.25) is 0 Å². The minimum Gasteiger partial charge on any atom is -0.374 e. The highest BCUT2D eigenvalue weighted by Crippen LogP contribution is 2.26. The number of carbonyl (C=O) groups excluding carboxylic acids is 2. The number of anilines is 1. The molecule has 25 heavy (non-hydrogen) atoms. The normalized spacial score (nSPS) is 18.4. The Labute approximate surface area is 151 Å². The summed E-state index contributed by atoms with van der Waals surface area (Å²) in [4.78, 5) is 28.7. The Hall–Kier alpha value is -2.18. The number of aryl methyl sites for hydroxylation is 1. The summed E-state index contributed by atoms with van der Waals surface area (Å²) in [7, 11) is 1.64. The number of hydrogen-bond donors (Lipinski definition) is 1. The average Bonchev–Trinajstić information content (AvgIpc) is 3.22. The molecule has 1 aliphatic heterocycles. The molecule has 1 aromatic carbocycles. The van der Waals surface area contributed by atoms with Gasteiger partial charge in [0, 0.05) is 42.1 Å². The molecule has 6 heteroatoms. The molecule has 0 bridgehead atoms. The number of thiophene rings is 1. The lowest BCUT2D eigenvalue weighted by molar-refractivity contribution is -0.126. The van der Waals surface area contributed by atoms with Crippen LogP contribution in [0.5, 0.6) is 0 Å². The summed E-state index contributed by atoms with van der Waals surface area (Å²) in [6, 6.07) is 13.5. The minimum absolute atomic E-state index is 0.0106. The number of nitrogens with zero attached hydrogens (tertiary/aromatic N) is 1. The van der Waals surface area contributed by atoms with Gasteiger partial charge in [0.15, 0.2) is 0 Å². The summed E-state index contributed by atoms with van der Waals surface area (Å²) in [6.45, 7) is 2.87. The standard InChI is InChI=1S/C19H22N2O3S/c1-13-8-9-17(25-13)16(24-2)11-20-19(23)14-10-18(22)21(12-14)15-6-4-3-5-7-15/h3-9,14,16H,10-12H2,1-2H3,(H,20,23). The highest BCUT2D eigenvalue weighted by atomic mass is 32.1. The van der Waals surface area contributed by atoms with E-state index >= 15 is 0 Å². The molecule has 0 spiro atoms. The second kappa shape index (κ2) is 7.80. The van der Waals surface area contributed by atoms with E-state index in [1.807, 2.05) is 49.4 Å². The molecular formula is C19H22N2O3S. The van der Waals surface area contributed by atoms with Gasteiger partial charge in [-0.25, -0.2) is 0 Å². The van der Waals surface area contributed by atoms with Gasteiger partial charge >= 0.3 is 0 Å². The summed E-state index contributed by atoms with van der Waals surface area (Å²) in [5.74, 6) is -0.430. The van der Waals surface area contributed by atoms with Crippen molar-refractivity contribution < 1.29 is 14.3 Å². The molecule has 5 nitrogen and oxygen atoms in total. The maximum absolute atomic E-state index is 12.5. The number of rotatable bonds is 6. The van der Waals surface area contributed by atoms with Gasteiger partial charge in [-0.3, -0.25) is 9.59 Å². The average molecular weight is 358 g/mol. The second-order valence-corrected chi connectivity index (χ2v) is 7.48. The van der Waals surface area contributed by atoms with Crippen LogP contribution in [0.25, 0.3) is 0 Å². The molecule has 0 radical (unpaired) electrons. The molecule has 2 aromatic rings. The third kappa shape index (κ3) is 4.08. The molecule has 0 saturated carbocycles. The van der Waals surface area contributed by atoms with Crippen molar-refractivity contribution in [1.82, 2.24) is 5.32 Å². The van der Waals surface area contributed by atoms with Gasteiger partial charge in [0.1, 0.15) is 6.10 Å². The lowest BCUT2D eigenvalue weighted by Gasteiger charge is -2.18. The van der Waals surface area contributed by atoms with E-state index in [0.717, 1.165) is 10.6 Å². The summed E-state index contributed by atoms with van der Waals surface area (Å²) in [5.41, 5.74) is 0.839. The van der Waals surface area contributed by atoms with Crippen molar-refractivity contribution in [1.29, 1.82) is 0 Å². The zero-order valence-corrected chi connectivity index (χ0v) is 15.2. The van der Waals surface area contributed by atoms with E-state index in [2.05, 4.69) is 5.32 Å². The van der Waals surface area contributed by atoms with Crippen LogP contribution in [0.3, 0.4) is 0 Å². The van der Waals surface area contributed by atoms with Gasteiger partial charge in [0.05, 0.1) is 5.92 Å². The van der Waals surface area contributed by atoms with E-state index in [0.29, 0.717) is 13.1 Å². The lowest BCUT2D eigenvalue weighted by Crippen LogP contribution is -2.35. The fraction of sp³-hybridized carbons (Fsp3) is 0.368. The number of ether oxygens (including phenoxy) is 1. The molecule has 1 aliphatic rings. The molecule has 1 saturated heterocycles. The SMILES string of the molecule is COC(CNC(=O)C1CC(=O)N(c2ccccc2)C1)c1ccc(C)s1. The van der Waals surface area contributed by atoms with Crippen LogP contribution in [0.15, 0.2) is 42.5 Å². The van der Waals surface area contributed by atoms with Gasteiger partial charge in [-0.1, -0.05) is 18.2 Å². The van der Waals surface area contributed by atoms with Crippen LogP contribution in [0.1, 0.15) is 22.3 Å². The fourth-order valence-corrected chi connectivity index (χ4v) is 3.96. The molecule has 2 unspecified atom stereocenters. The first-order valence-electron chi connectivity index (χ1n) is 8.30. The monoisotopic (exact) mass is 358 g/mol. The summed E-state index contributed by atoms with van der Waals surface area (Å²) >= 11 is 1.66. The van der Waals surface area contributed by atoms with Crippen molar-refractivity contribution in [3.63, 3.8) is 0 Å². The van der Waals surface area contributed by atoms with E-state index in [4.69, 9.17) is 4.74 Å². The molecule has 2 amide bonds. The predicted octanol–water partition coefficient (Wildman–Crippen LogP) is 2.91. The highest BCUT2D eigenvalue weighted by molar-refractivity contribution is 7.12. The Morgan fingerprint density at radius 2 is 2.08 bits per heavy atom. The van der Waals surface area contributed by atoms with Crippen LogP contribution >= 0.6 is 11.3 Å². The number of carbonyl (C=O) groups is 2. The van der Waals surface area contributed by atoms with Crippen LogP contribution in [-0.4, -0.2) is 32.0 Å². The number of benzene rings is 1. The van der Waals surface area contributed by atoms with Gasteiger partial charge in [0.25, 0.3) is 0 Å². The van der Waals surface area contributed by atoms with Crippen molar-refractivity contribution in [3.8, 4) is 0 Å².